The minimum Gasteiger partial charge on any atom is -0.379 e. The first-order chi connectivity index (χ1) is 18.4. The van der Waals surface area contributed by atoms with Gasteiger partial charge in [0.25, 0.3) is 0 Å². The minimum absolute atomic E-state index is 0.0236. The molecule has 8 nitrogen and oxygen atoms in total. The number of amides is 2. The van der Waals surface area contributed by atoms with Crippen molar-refractivity contribution in [2.75, 3.05) is 22.6 Å². The fourth-order valence-electron chi connectivity index (χ4n) is 4.34. The summed E-state index contributed by atoms with van der Waals surface area (Å²) in [4.78, 5) is 32.9. The molecular formula is C29H31ClN6O2. The number of aromatic nitrogens is 3. The molecule has 0 bridgehead atoms. The largest absolute Gasteiger partial charge is 0.379 e. The maximum absolute atomic E-state index is 11.9. The SMILES string of the molecule is CC(=O)N(C)c1cc(C2CC2)cn2cc(CNc3ccnc(NC=O)c3)nc12.Clc1cccc(C2CC2)c1. The number of benzene rings is 1. The van der Waals surface area contributed by atoms with Crippen molar-refractivity contribution in [3.8, 4) is 0 Å². The highest BCUT2D eigenvalue weighted by molar-refractivity contribution is 6.30. The van der Waals surface area contributed by atoms with Crippen LogP contribution in [0.25, 0.3) is 5.65 Å². The van der Waals surface area contributed by atoms with Crippen LogP contribution in [-0.2, 0) is 16.1 Å². The molecule has 0 radical (unpaired) electrons. The molecule has 0 aliphatic heterocycles. The van der Waals surface area contributed by atoms with Crippen LogP contribution in [0.1, 0.15) is 61.3 Å². The summed E-state index contributed by atoms with van der Waals surface area (Å²) in [6, 6.07) is 13.8. The summed E-state index contributed by atoms with van der Waals surface area (Å²) in [5.41, 5.74) is 5.92. The molecule has 2 aliphatic carbocycles. The lowest BCUT2D eigenvalue weighted by molar-refractivity contribution is -0.116. The zero-order valence-corrected chi connectivity index (χ0v) is 22.3. The molecule has 2 N–H and O–H groups in total. The Morgan fingerprint density at radius 2 is 1.87 bits per heavy atom. The van der Waals surface area contributed by atoms with Crippen LogP contribution in [-0.4, -0.2) is 33.7 Å². The van der Waals surface area contributed by atoms with E-state index in [0.717, 1.165) is 33.7 Å². The van der Waals surface area contributed by atoms with Gasteiger partial charge in [0.05, 0.1) is 17.9 Å². The summed E-state index contributed by atoms with van der Waals surface area (Å²) in [6.45, 7) is 2.06. The molecule has 3 aromatic heterocycles. The molecule has 1 aromatic carbocycles. The minimum atomic E-state index is -0.0236. The first-order valence-corrected chi connectivity index (χ1v) is 13.2. The van der Waals surface area contributed by atoms with Crippen molar-refractivity contribution in [1.29, 1.82) is 0 Å². The van der Waals surface area contributed by atoms with Crippen molar-refractivity contribution < 1.29 is 9.59 Å². The van der Waals surface area contributed by atoms with E-state index in [0.29, 0.717) is 24.7 Å². The average Bonchev–Trinajstić information content (AvgIpc) is 3.84. The van der Waals surface area contributed by atoms with E-state index < -0.39 is 0 Å². The van der Waals surface area contributed by atoms with Crippen LogP contribution in [0.5, 0.6) is 0 Å². The van der Waals surface area contributed by atoms with Crippen LogP contribution >= 0.6 is 11.6 Å². The van der Waals surface area contributed by atoms with Gasteiger partial charge in [-0.3, -0.25) is 9.59 Å². The third-order valence-electron chi connectivity index (χ3n) is 6.82. The Morgan fingerprint density at radius 3 is 2.55 bits per heavy atom. The molecule has 196 valence electrons. The lowest BCUT2D eigenvalue weighted by atomic mass is 10.1. The van der Waals surface area contributed by atoms with E-state index in [2.05, 4.69) is 40.0 Å². The van der Waals surface area contributed by atoms with Crippen molar-refractivity contribution in [1.82, 2.24) is 14.4 Å². The molecular weight excluding hydrogens is 500 g/mol. The zero-order chi connectivity index (χ0) is 26.6. The van der Waals surface area contributed by atoms with Crippen LogP contribution < -0.4 is 15.5 Å². The van der Waals surface area contributed by atoms with Crippen LogP contribution in [0, 0.1) is 0 Å². The van der Waals surface area contributed by atoms with Gasteiger partial charge >= 0.3 is 0 Å². The second-order valence-corrected chi connectivity index (χ2v) is 10.3. The van der Waals surface area contributed by atoms with E-state index in [9.17, 15) is 9.59 Å². The fourth-order valence-corrected chi connectivity index (χ4v) is 4.54. The highest BCUT2D eigenvalue weighted by atomic mass is 35.5. The van der Waals surface area contributed by atoms with Gasteiger partial charge in [-0.25, -0.2) is 9.97 Å². The standard InChI is InChI=1S/C20H22N6O2.C9H9Cl/c1-13(28)25(2)18-7-15(14-3-4-14)10-26-11-17(24-20(18)26)9-22-16-5-6-21-19(8-16)23-12-27;10-9-3-1-2-8(6-9)7-4-5-7/h5-8,10-12,14H,3-4,9H2,1-2H3,(H2,21,22,23,27);1-3,6-7H,4-5H2. The van der Waals surface area contributed by atoms with Gasteiger partial charge in [-0.15, -0.1) is 0 Å². The molecule has 2 aliphatic rings. The number of carbonyl (C=O) groups excluding carboxylic acids is 2. The molecule has 4 aromatic rings. The molecule has 0 spiro atoms. The first-order valence-electron chi connectivity index (χ1n) is 12.8. The van der Waals surface area contributed by atoms with Gasteiger partial charge in [0.1, 0.15) is 5.82 Å². The molecule has 0 unspecified atom stereocenters. The maximum Gasteiger partial charge on any atom is 0.223 e. The molecule has 6 rings (SSSR count). The number of hydrogen-bond donors (Lipinski definition) is 2. The summed E-state index contributed by atoms with van der Waals surface area (Å²) < 4.78 is 2.01. The van der Waals surface area contributed by atoms with Crippen molar-refractivity contribution in [3.05, 3.63) is 82.9 Å². The fraction of sp³-hybridized carbons (Fsp3) is 0.310. The quantitative estimate of drug-likeness (QED) is 0.273. The average molecular weight is 531 g/mol. The number of hydrogen-bond acceptors (Lipinski definition) is 5. The highest BCUT2D eigenvalue weighted by Gasteiger charge is 2.26. The summed E-state index contributed by atoms with van der Waals surface area (Å²) in [5, 5.41) is 6.69. The van der Waals surface area contributed by atoms with E-state index in [1.54, 1.807) is 31.1 Å². The summed E-state index contributed by atoms with van der Waals surface area (Å²) in [7, 11) is 1.78. The number of imidazole rings is 1. The molecule has 2 fully saturated rings. The summed E-state index contributed by atoms with van der Waals surface area (Å²) >= 11 is 5.82. The van der Waals surface area contributed by atoms with E-state index in [-0.39, 0.29) is 5.91 Å². The number of halogens is 1. The summed E-state index contributed by atoms with van der Waals surface area (Å²) in [6.07, 6.45) is 11.4. The van der Waals surface area contributed by atoms with E-state index in [1.165, 1.54) is 36.8 Å². The van der Waals surface area contributed by atoms with Crippen molar-refractivity contribution >= 4 is 46.8 Å². The van der Waals surface area contributed by atoms with Crippen LogP contribution in [0.15, 0.2) is 61.1 Å². The number of nitrogens with one attached hydrogen (secondary N) is 2. The molecule has 2 amide bonds. The Hall–Kier alpha value is -3.91. The molecule has 9 heteroatoms. The predicted octanol–water partition coefficient (Wildman–Crippen LogP) is 5.99. The highest BCUT2D eigenvalue weighted by Crippen LogP contribution is 2.42. The van der Waals surface area contributed by atoms with Gasteiger partial charge in [0.15, 0.2) is 5.65 Å². The van der Waals surface area contributed by atoms with Gasteiger partial charge < -0.3 is 19.9 Å². The third-order valence-corrected chi connectivity index (χ3v) is 7.06. The Morgan fingerprint density at radius 1 is 1.11 bits per heavy atom. The van der Waals surface area contributed by atoms with Crippen molar-refractivity contribution in [2.45, 2.75) is 51.0 Å². The molecule has 2 saturated carbocycles. The lowest BCUT2D eigenvalue weighted by Crippen LogP contribution is -2.23. The molecule has 0 saturated heterocycles. The summed E-state index contributed by atoms with van der Waals surface area (Å²) in [5.74, 6) is 1.85. The Labute approximate surface area is 227 Å². The van der Waals surface area contributed by atoms with Crippen LogP contribution in [0.2, 0.25) is 5.02 Å². The first kappa shape index (κ1) is 25.7. The molecule has 0 atom stereocenters. The lowest BCUT2D eigenvalue weighted by Gasteiger charge is -2.17. The normalized spacial score (nSPS) is 14.4. The number of pyridine rings is 2. The zero-order valence-electron chi connectivity index (χ0n) is 21.5. The topological polar surface area (TPSA) is 91.6 Å². The van der Waals surface area contributed by atoms with E-state index in [4.69, 9.17) is 16.6 Å². The van der Waals surface area contributed by atoms with Gasteiger partial charge in [-0.05, 0) is 72.9 Å². The smallest absolute Gasteiger partial charge is 0.223 e. The van der Waals surface area contributed by atoms with Crippen LogP contribution in [0.4, 0.5) is 17.2 Å². The number of carbonyl (C=O) groups is 2. The van der Waals surface area contributed by atoms with Crippen molar-refractivity contribution in [3.63, 3.8) is 0 Å². The van der Waals surface area contributed by atoms with Gasteiger partial charge in [0.2, 0.25) is 12.3 Å². The second kappa shape index (κ2) is 11.2. The Balaban J connectivity index is 0.000000244. The monoisotopic (exact) mass is 530 g/mol. The number of rotatable bonds is 8. The van der Waals surface area contributed by atoms with Gasteiger partial charge in [-0.1, -0.05) is 23.7 Å². The van der Waals surface area contributed by atoms with E-state index in [1.807, 2.05) is 28.8 Å². The maximum atomic E-state index is 11.9. The molecule has 3 heterocycles. The molecule has 38 heavy (non-hydrogen) atoms. The Kier molecular flexibility index (Phi) is 7.60. The van der Waals surface area contributed by atoms with Crippen molar-refractivity contribution in [2.24, 2.45) is 0 Å². The van der Waals surface area contributed by atoms with Gasteiger partial charge in [-0.2, -0.15) is 0 Å². The van der Waals surface area contributed by atoms with E-state index >= 15 is 0 Å². The van der Waals surface area contributed by atoms with Crippen LogP contribution in [0.3, 0.4) is 0 Å². The predicted molar refractivity (Wildman–Crippen MR) is 151 cm³/mol. The number of fused-ring (bicyclic) bond motifs is 1. The number of anilines is 3. The van der Waals surface area contributed by atoms with Gasteiger partial charge in [0, 0.05) is 49.3 Å². The third kappa shape index (κ3) is 6.31. The number of nitrogens with zero attached hydrogens (tertiary/aromatic N) is 4. The Bertz CT molecular complexity index is 1460. The second-order valence-electron chi connectivity index (χ2n) is 9.85.